The molecule has 2 heterocycles. The molecule has 0 radical (unpaired) electrons. The van der Waals surface area contributed by atoms with Gasteiger partial charge in [0.25, 0.3) is 11.4 Å². The average Bonchev–Trinajstić information content (AvgIpc) is 3.24. The number of rotatable bonds is 9. The number of nitrogens with zero attached hydrogens (tertiary/aromatic N) is 2. The molecule has 8 nitrogen and oxygen atoms in total. The Morgan fingerprint density at radius 1 is 1.19 bits per heavy atom. The van der Waals surface area contributed by atoms with Crippen LogP contribution in [0, 0.1) is 0 Å². The van der Waals surface area contributed by atoms with Gasteiger partial charge in [0.1, 0.15) is 22.8 Å². The van der Waals surface area contributed by atoms with E-state index in [-0.39, 0.29) is 17.2 Å². The van der Waals surface area contributed by atoms with Crippen LogP contribution in [0.3, 0.4) is 0 Å². The van der Waals surface area contributed by atoms with Gasteiger partial charge in [-0.25, -0.2) is 0 Å². The van der Waals surface area contributed by atoms with Gasteiger partial charge in [-0.15, -0.1) is 0 Å². The van der Waals surface area contributed by atoms with Crippen LogP contribution in [0.25, 0.3) is 22.6 Å². The Bertz CT molecular complexity index is 1150. The Balaban J connectivity index is 2.27. The van der Waals surface area contributed by atoms with E-state index < -0.39 is 5.56 Å². The van der Waals surface area contributed by atoms with Crippen molar-refractivity contribution in [2.24, 2.45) is 0 Å². The van der Waals surface area contributed by atoms with Gasteiger partial charge in [-0.05, 0) is 38.8 Å². The Kier molecular flexibility index (Phi) is 7.35. The van der Waals surface area contributed by atoms with Gasteiger partial charge >= 0.3 is 0 Å². The predicted octanol–water partition coefficient (Wildman–Crippen LogP) is 4.67. The Hall–Kier alpha value is -3.55. The molecule has 0 atom stereocenters. The third-order valence-corrected chi connectivity index (χ3v) is 5.34. The summed E-state index contributed by atoms with van der Waals surface area (Å²) in [4.78, 5) is 20.2. The van der Waals surface area contributed by atoms with Gasteiger partial charge in [-0.3, -0.25) is 4.79 Å². The monoisotopic (exact) mass is 439 g/mol. The fourth-order valence-electron chi connectivity index (χ4n) is 3.52. The summed E-state index contributed by atoms with van der Waals surface area (Å²) in [6.07, 6.45) is 4.75. The van der Waals surface area contributed by atoms with E-state index >= 15 is 0 Å². The minimum Gasteiger partial charge on any atom is -0.506 e. The molecule has 0 aliphatic heterocycles. The number of methoxy groups -OCH3 is 2. The maximum Gasteiger partial charge on any atom is 0.267 e. The lowest BCUT2D eigenvalue weighted by Crippen LogP contribution is -2.14. The van der Waals surface area contributed by atoms with Crippen molar-refractivity contribution < 1.29 is 19.1 Å². The summed E-state index contributed by atoms with van der Waals surface area (Å²) in [7, 11) is 3.09. The number of aryl methyl sites for hydroxylation is 1. The molecule has 32 heavy (non-hydrogen) atoms. The van der Waals surface area contributed by atoms with E-state index in [1.165, 1.54) is 0 Å². The number of ether oxygens (including phenoxy) is 2. The molecule has 0 spiro atoms. The zero-order chi connectivity index (χ0) is 23.3. The molecule has 2 aromatic heterocycles. The van der Waals surface area contributed by atoms with Gasteiger partial charge in [-0.1, -0.05) is 36.2 Å². The highest BCUT2D eigenvalue weighted by Crippen LogP contribution is 2.46. The number of H-pyrrole nitrogens is 1. The SMILES string of the molecule is C/C=C(\C)Cc1noc(-c2c(O)c(-c3c(OC)cccc3OC)c(CCCC)[nH]c2=O)n1. The van der Waals surface area contributed by atoms with Gasteiger partial charge in [0, 0.05) is 12.1 Å². The maximum absolute atomic E-state index is 13.0. The number of hydrogen-bond acceptors (Lipinski definition) is 7. The topological polar surface area (TPSA) is 110 Å². The first-order valence-corrected chi connectivity index (χ1v) is 10.6. The molecule has 2 N–H and O–H groups in total. The highest BCUT2D eigenvalue weighted by Gasteiger charge is 2.27. The van der Waals surface area contributed by atoms with Crippen LogP contribution in [0.15, 0.2) is 39.2 Å². The van der Waals surface area contributed by atoms with Crippen LogP contribution in [0.1, 0.15) is 45.1 Å². The zero-order valence-electron chi connectivity index (χ0n) is 19.1. The number of nitrogens with one attached hydrogen (secondary N) is 1. The molecule has 1 aromatic carbocycles. The molecule has 3 aromatic rings. The van der Waals surface area contributed by atoms with E-state index in [2.05, 4.69) is 22.0 Å². The lowest BCUT2D eigenvalue weighted by atomic mass is 9.96. The summed E-state index contributed by atoms with van der Waals surface area (Å²) < 4.78 is 16.5. The zero-order valence-corrected chi connectivity index (χ0v) is 19.1. The maximum atomic E-state index is 13.0. The van der Waals surface area contributed by atoms with Crippen molar-refractivity contribution >= 4 is 0 Å². The summed E-state index contributed by atoms with van der Waals surface area (Å²) in [6, 6.07) is 5.34. The molecule has 0 saturated heterocycles. The molecule has 0 aliphatic carbocycles. The van der Waals surface area contributed by atoms with Gasteiger partial charge < -0.3 is 24.1 Å². The van der Waals surface area contributed by atoms with Crippen molar-refractivity contribution in [1.29, 1.82) is 0 Å². The fraction of sp³-hybridized carbons (Fsp3) is 0.375. The largest absolute Gasteiger partial charge is 0.506 e. The normalized spacial score (nSPS) is 11.6. The number of allylic oxidation sites excluding steroid dienone is 2. The molecule has 0 unspecified atom stereocenters. The summed E-state index contributed by atoms with van der Waals surface area (Å²) in [5.41, 5.74) is 2.04. The molecule has 0 bridgehead atoms. The fourth-order valence-corrected chi connectivity index (χ4v) is 3.52. The van der Waals surface area contributed by atoms with Crippen LogP contribution in [0.2, 0.25) is 0 Å². The predicted molar refractivity (Wildman–Crippen MR) is 122 cm³/mol. The van der Waals surface area contributed by atoms with Crippen LogP contribution in [0.4, 0.5) is 0 Å². The van der Waals surface area contributed by atoms with E-state index in [9.17, 15) is 9.90 Å². The lowest BCUT2D eigenvalue weighted by molar-refractivity contribution is 0.396. The number of benzene rings is 1. The molecule has 0 saturated carbocycles. The summed E-state index contributed by atoms with van der Waals surface area (Å²) in [6.45, 7) is 5.94. The van der Waals surface area contributed by atoms with E-state index in [0.29, 0.717) is 47.0 Å². The molecule has 0 fully saturated rings. The summed E-state index contributed by atoms with van der Waals surface area (Å²) in [5.74, 6) is 1.15. The van der Waals surface area contributed by atoms with Crippen LogP contribution in [0.5, 0.6) is 17.2 Å². The van der Waals surface area contributed by atoms with Crippen molar-refractivity contribution in [3.63, 3.8) is 0 Å². The quantitative estimate of drug-likeness (QED) is 0.466. The van der Waals surface area contributed by atoms with E-state index in [0.717, 1.165) is 18.4 Å². The molecule has 0 amide bonds. The molecule has 3 rings (SSSR count). The third kappa shape index (κ3) is 4.54. The number of pyridine rings is 1. The Morgan fingerprint density at radius 3 is 2.47 bits per heavy atom. The highest BCUT2D eigenvalue weighted by molar-refractivity contribution is 5.87. The van der Waals surface area contributed by atoms with Gasteiger partial charge in [-0.2, -0.15) is 4.98 Å². The first kappa shape index (κ1) is 23.1. The second-order valence-electron chi connectivity index (χ2n) is 7.50. The van der Waals surface area contributed by atoms with Crippen molar-refractivity contribution in [1.82, 2.24) is 15.1 Å². The highest BCUT2D eigenvalue weighted by atomic mass is 16.5. The number of aromatic hydroxyl groups is 1. The van der Waals surface area contributed by atoms with Crippen molar-refractivity contribution in [2.45, 2.75) is 46.5 Å². The molecule has 170 valence electrons. The number of hydrogen-bond donors (Lipinski definition) is 2. The van der Waals surface area contributed by atoms with Crippen LogP contribution >= 0.6 is 0 Å². The van der Waals surface area contributed by atoms with E-state index in [1.807, 2.05) is 19.9 Å². The number of aromatic amines is 1. The third-order valence-electron chi connectivity index (χ3n) is 5.34. The number of aromatic nitrogens is 3. The molecule has 0 aliphatic rings. The van der Waals surface area contributed by atoms with Crippen molar-refractivity contribution in [3.05, 3.63) is 51.7 Å². The van der Waals surface area contributed by atoms with Crippen molar-refractivity contribution in [2.75, 3.05) is 14.2 Å². The smallest absolute Gasteiger partial charge is 0.267 e. The van der Waals surface area contributed by atoms with Crippen molar-refractivity contribution in [3.8, 4) is 39.8 Å². The standard InChI is InChI=1S/C24H29N3O5/c1-6-8-10-15-19(20-16(30-4)11-9-12-17(20)31-5)22(28)21(23(29)25-15)24-26-18(27-32-24)13-14(3)7-2/h7,9,11-12H,6,8,10,13H2,1-5H3,(H2,25,28,29)/b14-7+. The van der Waals surface area contributed by atoms with E-state index in [1.54, 1.807) is 32.4 Å². The first-order valence-electron chi connectivity index (χ1n) is 10.6. The Labute approximate surface area is 186 Å². The van der Waals surface area contributed by atoms with Crippen LogP contribution < -0.4 is 15.0 Å². The minimum absolute atomic E-state index is 0.0418. The van der Waals surface area contributed by atoms with Gasteiger partial charge in [0.2, 0.25) is 0 Å². The lowest BCUT2D eigenvalue weighted by Gasteiger charge is -2.18. The second kappa shape index (κ2) is 10.2. The van der Waals surface area contributed by atoms with Crippen LogP contribution in [-0.4, -0.2) is 34.5 Å². The van der Waals surface area contributed by atoms with Crippen LogP contribution in [-0.2, 0) is 12.8 Å². The summed E-state index contributed by atoms with van der Waals surface area (Å²) in [5, 5.41) is 15.3. The minimum atomic E-state index is -0.496. The molecular formula is C24H29N3O5. The second-order valence-corrected chi connectivity index (χ2v) is 7.50. The summed E-state index contributed by atoms with van der Waals surface area (Å²) >= 11 is 0. The average molecular weight is 440 g/mol. The molecule has 8 heteroatoms. The Morgan fingerprint density at radius 2 is 1.88 bits per heavy atom. The number of unbranched alkanes of at least 4 members (excludes halogenated alkanes) is 1. The van der Waals surface area contributed by atoms with E-state index in [4.69, 9.17) is 14.0 Å². The van der Waals surface area contributed by atoms with Gasteiger partial charge in [0.15, 0.2) is 5.82 Å². The first-order chi connectivity index (χ1) is 15.4. The van der Waals surface area contributed by atoms with Gasteiger partial charge in [0.05, 0.1) is 25.3 Å². The molecular weight excluding hydrogens is 410 g/mol.